The minimum Gasteiger partial charge on any atom is -0.293 e. The van der Waals surface area contributed by atoms with E-state index < -0.39 is 0 Å². The van der Waals surface area contributed by atoms with Crippen molar-refractivity contribution < 1.29 is 4.79 Å². The Morgan fingerprint density at radius 1 is 1.39 bits per heavy atom. The number of hydrogen-bond donors (Lipinski definition) is 0. The molecule has 5 heteroatoms. The lowest BCUT2D eigenvalue weighted by Gasteiger charge is -2.12. The predicted molar refractivity (Wildman–Crippen MR) is 94.1 cm³/mol. The summed E-state index contributed by atoms with van der Waals surface area (Å²) in [5, 5.41) is 9.54. The Bertz CT molecular complexity index is 822. The molecule has 0 spiro atoms. The van der Waals surface area contributed by atoms with E-state index >= 15 is 0 Å². The third-order valence-corrected chi connectivity index (χ3v) is 4.51. The van der Waals surface area contributed by atoms with Crippen molar-refractivity contribution in [1.82, 2.24) is 4.98 Å². The fraction of sp³-hybridized carbons (Fsp3) is 0.278. The number of halogens is 2. The highest BCUT2D eigenvalue weighted by molar-refractivity contribution is 9.10. The molecule has 23 heavy (non-hydrogen) atoms. The van der Waals surface area contributed by atoms with Crippen LogP contribution in [0, 0.1) is 11.3 Å². The molecule has 1 saturated carbocycles. The molecular weight excluding hydrogens is 376 g/mol. The number of ketones is 1. The maximum absolute atomic E-state index is 12.5. The van der Waals surface area contributed by atoms with E-state index in [1.54, 1.807) is 25.1 Å². The van der Waals surface area contributed by atoms with Crippen molar-refractivity contribution >= 4 is 33.3 Å². The first-order chi connectivity index (χ1) is 11.0. The smallest absolute Gasteiger partial charge is 0.176 e. The highest BCUT2D eigenvalue weighted by Crippen LogP contribution is 2.41. The van der Waals surface area contributed by atoms with Gasteiger partial charge in [-0.15, -0.1) is 0 Å². The summed E-state index contributed by atoms with van der Waals surface area (Å²) in [5.41, 5.74) is 3.62. The van der Waals surface area contributed by atoms with Crippen LogP contribution in [0.5, 0.6) is 0 Å². The number of Topliss-reactive ketones (excluding diaryl/α,β-unsaturated/α-hetero) is 1. The molecule has 3 rings (SSSR count). The molecule has 0 bridgehead atoms. The summed E-state index contributed by atoms with van der Waals surface area (Å²) in [6.07, 6.45) is 2.26. The number of carbonyl (C=O) groups is 1. The van der Waals surface area contributed by atoms with Crippen molar-refractivity contribution in [1.29, 1.82) is 5.26 Å². The van der Waals surface area contributed by atoms with E-state index in [0.29, 0.717) is 22.2 Å². The minimum atomic E-state index is -0.324. The molecule has 0 amide bonds. The molecule has 116 valence electrons. The van der Waals surface area contributed by atoms with Crippen LogP contribution in [0.4, 0.5) is 0 Å². The molecule has 1 aliphatic carbocycles. The Balaban J connectivity index is 2.16. The van der Waals surface area contributed by atoms with E-state index in [-0.39, 0.29) is 10.6 Å². The zero-order chi connectivity index (χ0) is 16.6. The van der Waals surface area contributed by atoms with Crippen LogP contribution in [-0.2, 0) is 0 Å². The average molecular weight is 390 g/mol. The number of rotatable bonds is 4. The van der Waals surface area contributed by atoms with E-state index in [9.17, 15) is 4.79 Å². The Hall–Kier alpha value is -1.70. The highest BCUT2D eigenvalue weighted by atomic mass is 79.9. The quantitative estimate of drug-likeness (QED) is 0.414. The number of nitrogens with zero attached hydrogens (tertiary/aromatic N) is 2. The van der Waals surface area contributed by atoms with Crippen molar-refractivity contribution in [3.63, 3.8) is 0 Å². The molecule has 3 nitrogen and oxygen atoms in total. The summed E-state index contributed by atoms with van der Waals surface area (Å²) in [6, 6.07) is 11.0. The molecule has 0 radical (unpaired) electrons. The van der Waals surface area contributed by atoms with Crippen LogP contribution >= 0.6 is 27.5 Å². The highest BCUT2D eigenvalue weighted by Gasteiger charge is 2.26. The molecular formula is C18H14BrClN2O. The molecule has 0 N–H and O–H groups in total. The second kappa shape index (κ2) is 6.43. The first-order valence-corrected chi connectivity index (χ1v) is 8.69. The molecule has 0 aliphatic heterocycles. The fourth-order valence-corrected chi connectivity index (χ4v) is 3.01. The number of benzene rings is 1. The van der Waals surface area contributed by atoms with Gasteiger partial charge in [0.05, 0.1) is 16.5 Å². The Labute approximate surface area is 148 Å². The van der Waals surface area contributed by atoms with Gasteiger partial charge in [-0.25, -0.2) is 4.98 Å². The third kappa shape index (κ3) is 3.46. The van der Waals surface area contributed by atoms with E-state index in [1.165, 1.54) is 0 Å². The SMILES string of the molecule is CC(Br)C(=O)c1cc(C#N)ccc1-c1cc(Cl)nc(C2CC2)c1. The largest absolute Gasteiger partial charge is 0.293 e. The third-order valence-electron chi connectivity index (χ3n) is 3.90. The van der Waals surface area contributed by atoms with Crippen molar-refractivity contribution in [2.75, 3.05) is 0 Å². The zero-order valence-electron chi connectivity index (χ0n) is 12.5. The van der Waals surface area contributed by atoms with Gasteiger partial charge in [-0.2, -0.15) is 5.26 Å². The monoisotopic (exact) mass is 388 g/mol. The van der Waals surface area contributed by atoms with Crippen LogP contribution in [0.1, 0.15) is 47.3 Å². The molecule has 1 aromatic carbocycles. The molecule has 1 fully saturated rings. The average Bonchev–Trinajstić information content (AvgIpc) is 3.37. The first kappa shape index (κ1) is 16.2. The molecule has 1 unspecified atom stereocenters. The van der Waals surface area contributed by atoms with Crippen molar-refractivity contribution in [2.24, 2.45) is 0 Å². The summed E-state index contributed by atoms with van der Waals surface area (Å²) in [6.45, 7) is 1.78. The number of carbonyl (C=O) groups excluding carboxylic acids is 1. The second-order valence-corrected chi connectivity index (χ2v) is 7.49. The normalized spacial score (nSPS) is 15.0. The maximum atomic E-state index is 12.5. The predicted octanol–water partition coefficient (Wildman–Crippen LogP) is 5.12. The van der Waals surface area contributed by atoms with E-state index in [4.69, 9.17) is 16.9 Å². The molecule has 1 atom stereocenters. The fourth-order valence-electron chi connectivity index (χ4n) is 2.54. The molecule has 0 saturated heterocycles. The molecule has 1 aliphatic rings. The summed E-state index contributed by atoms with van der Waals surface area (Å²) in [7, 11) is 0. The van der Waals surface area contributed by atoms with Gasteiger partial charge in [0.1, 0.15) is 5.15 Å². The number of aromatic nitrogens is 1. The van der Waals surface area contributed by atoms with Crippen LogP contribution in [-0.4, -0.2) is 15.6 Å². The lowest BCUT2D eigenvalue weighted by molar-refractivity contribution is 0.0996. The molecule has 2 aromatic rings. The lowest BCUT2D eigenvalue weighted by atomic mass is 9.94. The van der Waals surface area contributed by atoms with Gasteiger partial charge >= 0.3 is 0 Å². The van der Waals surface area contributed by atoms with Crippen molar-refractivity contribution in [2.45, 2.75) is 30.5 Å². The van der Waals surface area contributed by atoms with E-state index in [1.807, 2.05) is 12.1 Å². The van der Waals surface area contributed by atoms with Gasteiger partial charge in [0.25, 0.3) is 0 Å². The van der Waals surface area contributed by atoms with E-state index in [2.05, 4.69) is 27.0 Å². The van der Waals surface area contributed by atoms with E-state index in [0.717, 1.165) is 29.7 Å². The summed E-state index contributed by atoms with van der Waals surface area (Å²) in [4.78, 5) is 16.6. The summed E-state index contributed by atoms with van der Waals surface area (Å²) < 4.78 is 0. The van der Waals surface area contributed by atoms with Gasteiger partial charge in [0, 0.05) is 17.2 Å². The summed E-state index contributed by atoms with van der Waals surface area (Å²) in [5.74, 6) is 0.415. The maximum Gasteiger partial charge on any atom is 0.176 e. The lowest BCUT2D eigenvalue weighted by Crippen LogP contribution is -2.12. The standard InChI is InChI=1S/C18H14BrClN2O/c1-10(19)18(23)15-6-11(9-21)2-5-14(15)13-7-16(12-3-4-12)22-17(20)8-13/h2,5-8,10,12H,3-4H2,1H3. The van der Waals surface area contributed by atoms with Crippen LogP contribution < -0.4 is 0 Å². The Morgan fingerprint density at radius 2 is 2.13 bits per heavy atom. The second-order valence-electron chi connectivity index (χ2n) is 5.73. The van der Waals surface area contributed by atoms with Crippen LogP contribution in [0.3, 0.4) is 0 Å². The Kier molecular flexibility index (Phi) is 4.52. The van der Waals surface area contributed by atoms with Gasteiger partial charge in [0.2, 0.25) is 0 Å². The summed E-state index contributed by atoms with van der Waals surface area (Å²) >= 11 is 9.49. The number of alkyl halides is 1. The van der Waals surface area contributed by atoms with Crippen LogP contribution in [0.15, 0.2) is 30.3 Å². The van der Waals surface area contributed by atoms with Gasteiger partial charge in [-0.3, -0.25) is 4.79 Å². The van der Waals surface area contributed by atoms with Gasteiger partial charge in [-0.1, -0.05) is 33.6 Å². The molecule has 1 aromatic heterocycles. The van der Waals surface area contributed by atoms with Gasteiger partial charge in [-0.05, 0) is 55.2 Å². The van der Waals surface area contributed by atoms with Gasteiger partial charge in [0.15, 0.2) is 5.78 Å². The van der Waals surface area contributed by atoms with Gasteiger partial charge < -0.3 is 0 Å². The van der Waals surface area contributed by atoms with Crippen LogP contribution in [0.25, 0.3) is 11.1 Å². The number of nitriles is 1. The minimum absolute atomic E-state index is 0.0574. The topological polar surface area (TPSA) is 53.8 Å². The van der Waals surface area contributed by atoms with Crippen LogP contribution in [0.2, 0.25) is 5.15 Å². The van der Waals surface area contributed by atoms with Crippen molar-refractivity contribution in [3.8, 4) is 17.2 Å². The number of pyridine rings is 1. The molecule has 1 heterocycles. The number of hydrogen-bond acceptors (Lipinski definition) is 3. The van der Waals surface area contributed by atoms with Crippen molar-refractivity contribution in [3.05, 3.63) is 52.3 Å². The first-order valence-electron chi connectivity index (χ1n) is 7.40. The zero-order valence-corrected chi connectivity index (χ0v) is 14.9. The Morgan fingerprint density at radius 3 is 2.74 bits per heavy atom.